The second-order valence-electron chi connectivity index (χ2n) is 5.53. The topological polar surface area (TPSA) is 80.3 Å². The van der Waals surface area contributed by atoms with Crippen molar-refractivity contribution < 1.29 is 21.2 Å². The van der Waals surface area contributed by atoms with Crippen molar-refractivity contribution in [1.29, 1.82) is 0 Å². The van der Waals surface area contributed by atoms with Gasteiger partial charge in [0, 0.05) is 6.04 Å². The third-order valence-electron chi connectivity index (χ3n) is 3.78. The molecular formula is C14H20FNO4S2. The Labute approximate surface area is 130 Å². The minimum Gasteiger partial charge on any atom is -0.312 e. The molecule has 1 N–H and O–H groups in total. The molecule has 0 unspecified atom stereocenters. The predicted octanol–water partition coefficient (Wildman–Crippen LogP) is 1.15. The van der Waals surface area contributed by atoms with Gasteiger partial charge < -0.3 is 5.32 Å². The number of sulfone groups is 2. The Morgan fingerprint density at radius 1 is 1.23 bits per heavy atom. The normalized spacial score (nSPS) is 24.5. The monoisotopic (exact) mass is 349 g/mol. The summed E-state index contributed by atoms with van der Waals surface area (Å²) in [6, 6.07) is 3.87. The number of rotatable bonds is 6. The van der Waals surface area contributed by atoms with Gasteiger partial charge in [-0.3, -0.25) is 0 Å². The number of unbranched alkanes of at least 4 members (excludes halogenated alkanes) is 1. The third-order valence-corrected chi connectivity index (χ3v) is 7.94. The molecule has 0 saturated carbocycles. The molecule has 22 heavy (non-hydrogen) atoms. The van der Waals surface area contributed by atoms with Crippen LogP contribution in [0.4, 0.5) is 4.39 Å². The fourth-order valence-corrected chi connectivity index (χ4v) is 7.29. The Balaban J connectivity index is 2.28. The second-order valence-corrected chi connectivity index (χ2v) is 9.85. The Kier molecular flexibility index (Phi) is 5.24. The molecule has 1 aliphatic heterocycles. The fraction of sp³-hybridized carbons (Fsp3) is 0.571. The third kappa shape index (κ3) is 3.85. The van der Waals surface area contributed by atoms with Gasteiger partial charge in [-0.2, -0.15) is 0 Å². The fourth-order valence-electron chi connectivity index (χ4n) is 2.57. The van der Waals surface area contributed by atoms with Crippen molar-refractivity contribution in [2.75, 3.05) is 18.1 Å². The van der Waals surface area contributed by atoms with E-state index in [9.17, 15) is 21.2 Å². The van der Waals surface area contributed by atoms with Crippen LogP contribution < -0.4 is 5.32 Å². The number of hydrogen-bond acceptors (Lipinski definition) is 5. The molecule has 0 aromatic heterocycles. The summed E-state index contributed by atoms with van der Waals surface area (Å²) in [6.07, 6.45) is 1.78. The first kappa shape index (κ1) is 17.4. The summed E-state index contributed by atoms with van der Waals surface area (Å²) in [5, 5.41) is 2.02. The molecule has 1 heterocycles. The van der Waals surface area contributed by atoms with Crippen LogP contribution in [-0.4, -0.2) is 46.2 Å². The standard InChI is InChI=1S/C14H20FNO4S2/c1-2-3-8-16-13-9-21(17,18)10-14(13)22(19,20)12-6-4-11(15)5-7-12/h4-7,13-14,16H,2-3,8-10H2,1H3/t13-,14-/m1/s1. The molecule has 0 amide bonds. The van der Waals surface area contributed by atoms with Gasteiger partial charge in [-0.25, -0.2) is 21.2 Å². The maximum Gasteiger partial charge on any atom is 0.183 e. The molecule has 0 aliphatic carbocycles. The van der Waals surface area contributed by atoms with Crippen molar-refractivity contribution in [3.8, 4) is 0 Å². The Morgan fingerprint density at radius 3 is 2.45 bits per heavy atom. The number of nitrogens with one attached hydrogen (secondary N) is 1. The van der Waals surface area contributed by atoms with E-state index in [-0.39, 0.29) is 10.6 Å². The van der Waals surface area contributed by atoms with Crippen molar-refractivity contribution in [1.82, 2.24) is 5.32 Å². The Bertz CT molecular complexity index is 714. The summed E-state index contributed by atoms with van der Waals surface area (Å²) in [7, 11) is -7.22. The quantitative estimate of drug-likeness (QED) is 0.616. The summed E-state index contributed by atoms with van der Waals surface area (Å²) in [4.78, 5) is -0.0432. The molecule has 2 rings (SSSR count). The average molecular weight is 349 g/mol. The van der Waals surface area contributed by atoms with Gasteiger partial charge in [-0.05, 0) is 37.2 Å². The highest BCUT2D eigenvalue weighted by Crippen LogP contribution is 2.26. The summed E-state index contributed by atoms with van der Waals surface area (Å²) >= 11 is 0. The molecule has 1 aromatic carbocycles. The SMILES string of the molecule is CCCCN[C@@H]1CS(=O)(=O)C[C@H]1S(=O)(=O)c1ccc(F)cc1. The maximum absolute atomic E-state index is 13.0. The minimum atomic E-state index is -3.82. The number of hydrogen-bond donors (Lipinski definition) is 1. The summed E-state index contributed by atoms with van der Waals surface area (Å²) in [5.41, 5.74) is 0. The molecule has 5 nitrogen and oxygen atoms in total. The Hall–Kier alpha value is -0.990. The van der Waals surface area contributed by atoms with E-state index >= 15 is 0 Å². The van der Waals surface area contributed by atoms with Crippen molar-refractivity contribution >= 4 is 19.7 Å². The minimum absolute atomic E-state index is 0.0432. The van der Waals surface area contributed by atoms with E-state index < -0.39 is 42.5 Å². The van der Waals surface area contributed by atoms with Crippen LogP contribution in [0.1, 0.15) is 19.8 Å². The van der Waals surface area contributed by atoms with Gasteiger partial charge in [-0.1, -0.05) is 13.3 Å². The Morgan fingerprint density at radius 2 is 1.86 bits per heavy atom. The zero-order valence-corrected chi connectivity index (χ0v) is 14.0. The first-order valence-corrected chi connectivity index (χ1v) is 10.6. The summed E-state index contributed by atoms with van der Waals surface area (Å²) in [5.74, 6) is -1.10. The second kappa shape index (κ2) is 6.64. The molecule has 0 spiro atoms. The molecule has 1 aromatic rings. The molecule has 0 bridgehead atoms. The molecule has 8 heteroatoms. The van der Waals surface area contributed by atoms with Crippen molar-refractivity contribution in [3.63, 3.8) is 0 Å². The van der Waals surface area contributed by atoms with Crippen LogP contribution >= 0.6 is 0 Å². The zero-order valence-electron chi connectivity index (χ0n) is 12.3. The lowest BCUT2D eigenvalue weighted by Crippen LogP contribution is -2.43. The highest BCUT2D eigenvalue weighted by atomic mass is 32.2. The van der Waals surface area contributed by atoms with Gasteiger partial charge in [0.25, 0.3) is 0 Å². The van der Waals surface area contributed by atoms with Gasteiger partial charge in [0.1, 0.15) is 5.82 Å². The lowest BCUT2D eigenvalue weighted by Gasteiger charge is -2.19. The van der Waals surface area contributed by atoms with Crippen LogP contribution in [-0.2, 0) is 19.7 Å². The number of benzene rings is 1. The van der Waals surface area contributed by atoms with Crippen molar-refractivity contribution in [3.05, 3.63) is 30.1 Å². The molecule has 1 aliphatic rings. The highest BCUT2D eigenvalue weighted by molar-refractivity contribution is 7.96. The average Bonchev–Trinajstić information content (AvgIpc) is 2.75. The van der Waals surface area contributed by atoms with E-state index in [4.69, 9.17) is 0 Å². The van der Waals surface area contributed by atoms with Gasteiger partial charge in [-0.15, -0.1) is 0 Å². The van der Waals surface area contributed by atoms with Gasteiger partial charge >= 0.3 is 0 Å². The van der Waals surface area contributed by atoms with Crippen LogP contribution in [0, 0.1) is 5.82 Å². The highest BCUT2D eigenvalue weighted by Gasteiger charge is 2.45. The smallest absolute Gasteiger partial charge is 0.183 e. The maximum atomic E-state index is 13.0. The van der Waals surface area contributed by atoms with Gasteiger partial charge in [0.15, 0.2) is 19.7 Å². The molecule has 1 saturated heterocycles. The van der Waals surface area contributed by atoms with E-state index in [1.807, 2.05) is 6.92 Å². The molecular weight excluding hydrogens is 329 g/mol. The molecule has 2 atom stereocenters. The summed E-state index contributed by atoms with van der Waals surface area (Å²) in [6.45, 7) is 2.58. The molecule has 124 valence electrons. The van der Waals surface area contributed by atoms with Crippen LogP contribution in [0.2, 0.25) is 0 Å². The molecule has 1 fully saturated rings. The van der Waals surface area contributed by atoms with E-state index in [1.54, 1.807) is 0 Å². The van der Waals surface area contributed by atoms with Crippen LogP contribution in [0.25, 0.3) is 0 Å². The lowest BCUT2D eigenvalue weighted by atomic mass is 10.2. The van der Waals surface area contributed by atoms with E-state index in [1.165, 1.54) is 12.1 Å². The molecule has 0 radical (unpaired) electrons. The van der Waals surface area contributed by atoms with Crippen LogP contribution in [0.3, 0.4) is 0 Å². The summed E-state index contributed by atoms with van der Waals surface area (Å²) < 4.78 is 62.0. The van der Waals surface area contributed by atoms with Gasteiger partial charge in [0.2, 0.25) is 0 Å². The lowest BCUT2D eigenvalue weighted by molar-refractivity contribution is 0.518. The van der Waals surface area contributed by atoms with Crippen molar-refractivity contribution in [2.24, 2.45) is 0 Å². The zero-order chi connectivity index (χ0) is 16.4. The van der Waals surface area contributed by atoms with E-state index in [2.05, 4.69) is 5.32 Å². The predicted molar refractivity (Wildman–Crippen MR) is 82.7 cm³/mol. The largest absolute Gasteiger partial charge is 0.312 e. The van der Waals surface area contributed by atoms with E-state index in [0.717, 1.165) is 25.0 Å². The first-order chi connectivity index (χ1) is 10.3. The van der Waals surface area contributed by atoms with Gasteiger partial charge in [0.05, 0.1) is 21.7 Å². The van der Waals surface area contributed by atoms with Crippen LogP contribution in [0.5, 0.6) is 0 Å². The van der Waals surface area contributed by atoms with E-state index in [0.29, 0.717) is 6.54 Å². The van der Waals surface area contributed by atoms with Crippen molar-refractivity contribution in [2.45, 2.75) is 36.0 Å². The number of halogens is 1. The van der Waals surface area contributed by atoms with Crippen LogP contribution in [0.15, 0.2) is 29.2 Å². The first-order valence-electron chi connectivity index (χ1n) is 7.19.